The van der Waals surface area contributed by atoms with Crippen molar-refractivity contribution in [3.8, 4) is 34.4 Å². The molecule has 13 rings (SSSR count). The van der Waals surface area contributed by atoms with E-state index < -0.39 is 0 Å². The topological polar surface area (TPSA) is 48.5 Å². The molecule has 0 spiro atoms. The van der Waals surface area contributed by atoms with Crippen LogP contribution in [0.25, 0.3) is 118 Å². The van der Waals surface area contributed by atoms with Crippen molar-refractivity contribution in [1.82, 2.24) is 24.1 Å². The van der Waals surface area contributed by atoms with E-state index in [1.165, 1.54) is 51.1 Å². The Balaban J connectivity index is 1.17. The molecule has 8 aromatic carbocycles. The first-order chi connectivity index (χ1) is 28.8. The number of para-hydroxylation sites is 3. The summed E-state index contributed by atoms with van der Waals surface area (Å²) in [4.78, 5) is 16.3. The zero-order valence-electron chi connectivity index (χ0n) is 30.8. The number of hydrogen-bond acceptors (Lipinski definition) is 5. The second-order valence-electron chi connectivity index (χ2n) is 14.8. The molecule has 7 heteroatoms. The van der Waals surface area contributed by atoms with Crippen LogP contribution in [0.1, 0.15) is 0 Å². The van der Waals surface area contributed by atoms with E-state index in [1.807, 2.05) is 0 Å². The van der Waals surface area contributed by atoms with Crippen molar-refractivity contribution in [2.45, 2.75) is 0 Å². The number of aromatic nitrogens is 5. The Morgan fingerprint density at radius 1 is 0.362 bits per heavy atom. The highest BCUT2D eigenvalue weighted by Crippen LogP contribution is 2.43. The molecule has 0 atom stereocenters. The van der Waals surface area contributed by atoms with Crippen LogP contribution in [0.2, 0.25) is 0 Å². The molecule has 5 heterocycles. The molecular weight excluding hydrogens is 747 g/mol. The summed E-state index contributed by atoms with van der Waals surface area (Å²) in [5.74, 6) is 1.87. The van der Waals surface area contributed by atoms with E-state index in [-0.39, 0.29) is 0 Å². The molecule has 0 aliphatic rings. The van der Waals surface area contributed by atoms with Crippen LogP contribution in [0.5, 0.6) is 0 Å². The molecule has 0 aliphatic carbocycles. The third-order valence-corrected chi connectivity index (χ3v) is 13.9. The number of rotatable bonds is 4. The van der Waals surface area contributed by atoms with Crippen LogP contribution >= 0.6 is 22.7 Å². The summed E-state index contributed by atoms with van der Waals surface area (Å²) in [6, 6.07) is 62.9. The van der Waals surface area contributed by atoms with E-state index in [0.717, 1.165) is 49.7 Å². The molecule has 0 N–H and O–H groups in total. The lowest BCUT2D eigenvalue weighted by Crippen LogP contribution is -2.07. The maximum atomic E-state index is 5.49. The number of fused-ring (bicyclic) bond motifs is 13. The Morgan fingerprint density at radius 2 is 0.914 bits per heavy atom. The standard InChI is InChI=1S/C51H29N5S2/c1-2-13-31(14-3-1)55-41-21-8-4-15-32(41)37-27-28-38-33-16-5-9-22-42(33)56(47(38)46(37)55)51-53-49(30-25-26-36-34-17-6-10-23-43(34)57-45(36)29-30)52-50(54-51)40-20-12-19-39-35-18-7-11-24-44(35)58-48(39)40/h1-29H. The van der Waals surface area contributed by atoms with Crippen LogP contribution in [0.3, 0.4) is 0 Å². The maximum Gasteiger partial charge on any atom is 0.238 e. The minimum atomic E-state index is 0.582. The van der Waals surface area contributed by atoms with Crippen molar-refractivity contribution in [3.63, 3.8) is 0 Å². The minimum Gasteiger partial charge on any atom is -0.307 e. The van der Waals surface area contributed by atoms with Gasteiger partial charge in [-0.3, -0.25) is 4.57 Å². The molecule has 0 aliphatic heterocycles. The lowest BCUT2D eigenvalue weighted by atomic mass is 10.1. The summed E-state index contributed by atoms with van der Waals surface area (Å²) < 4.78 is 9.57. The summed E-state index contributed by atoms with van der Waals surface area (Å²) in [6.07, 6.45) is 0. The van der Waals surface area contributed by atoms with E-state index in [0.29, 0.717) is 17.6 Å². The molecular formula is C51H29N5S2. The van der Waals surface area contributed by atoms with Crippen LogP contribution in [-0.2, 0) is 0 Å². The Labute approximate surface area is 339 Å². The van der Waals surface area contributed by atoms with Gasteiger partial charge < -0.3 is 4.57 Å². The van der Waals surface area contributed by atoms with Gasteiger partial charge in [0, 0.05) is 78.7 Å². The number of thiophene rings is 2. The van der Waals surface area contributed by atoms with Gasteiger partial charge in [0.1, 0.15) is 0 Å². The zero-order chi connectivity index (χ0) is 37.9. The number of nitrogens with zero attached hydrogens (tertiary/aromatic N) is 5. The second kappa shape index (κ2) is 12.2. The Morgan fingerprint density at radius 3 is 1.67 bits per heavy atom. The van der Waals surface area contributed by atoms with Gasteiger partial charge in [-0.25, -0.2) is 4.98 Å². The first-order valence-corrected chi connectivity index (χ1v) is 21.0. The minimum absolute atomic E-state index is 0.582. The van der Waals surface area contributed by atoms with Crippen molar-refractivity contribution < 1.29 is 0 Å². The summed E-state index contributed by atoms with van der Waals surface area (Å²) in [5.41, 5.74) is 7.41. The van der Waals surface area contributed by atoms with Gasteiger partial charge >= 0.3 is 0 Å². The third-order valence-electron chi connectivity index (χ3n) is 11.6. The Kier molecular flexibility index (Phi) is 6.70. The number of benzene rings is 8. The molecule has 0 amide bonds. The third kappa shape index (κ3) is 4.54. The fourth-order valence-electron chi connectivity index (χ4n) is 9.06. The molecule has 0 radical (unpaired) electrons. The van der Waals surface area contributed by atoms with E-state index in [9.17, 15) is 0 Å². The smallest absolute Gasteiger partial charge is 0.238 e. The van der Waals surface area contributed by atoms with Gasteiger partial charge in [-0.1, -0.05) is 127 Å². The van der Waals surface area contributed by atoms with Crippen LogP contribution in [0.15, 0.2) is 176 Å². The Hall–Kier alpha value is -7.19. The Bertz CT molecular complexity index is 3810. The predicted molar refractivity (Wildman–Crippen MR) is 245 cm³/mol. The van der Waals surface area contributed by atoms with Crippen molar-refractivity contribution >= 4 is 107 Å². The monoisotopic (exact) mass is 775 g/mol. The highest BCUT2D eigenvalue weighted by atomic mass is 32.1. The van der Waals surface area contributed by atoms with Crippen molar-refractivity contribution in [2.24, 2.45) is 0 Å². The van der Waals surface area contributed by atoms with E-state index in [4.69, 9.17) is 15.0 Å². The van der Waals surface area contributed by atoms with Gasteiger partial charge in [-0.2, -0.15) is 9.97 Å². The largest absolute Gasteiger partial charge is 0.307 e. The molecule has 0 saturated carbocycles. The number of hydrogen-bond donors (Lipinski definition) is 0. The van der Waals surface area contributed by atoms with Crippen LogP contribution in [0.4, 0.5) is 0 Å². The van der Waals surface area contributed by atoms with Crippen molar-refractivity contribution in [2.75, 3.05) is 0 Å². The maximum absolute atomic E-state index is 5.49. The van der Waals surface area contributed by atoms with E-state index in [2.05, 4.69) is 185 Å². The summed E-state index contributed by atoms with van der Waals surface area (Å²) in [5, 5.41) is 9.63. The molecule has 0 unspecified atom stereocenters. The second-order valence-corrected chi connectivity index (χ2v) is 16.9. The van der Waals surface area contributed by atoms with Crippen molar-refractivity contribution in [3.05, 3.63) is 176 Å². The van der Waals surface area contributed by atoms with Crippen LogP contribution in [-0.4, -0.2) is 24.1 Å². The predicted octanol–water partition coefficient (Wildman–Crippen LogP) is 14.1. The summed E-state index contributed by atoms with van der Waals surface area (Å²) >= 11 is 3.60. The first-order valence-electron chi connectivity index (χ1n) is 19.4. The quantitative estimate of drug-likeness (QED) is 0.179. The molecule has 270 valence electrons. The lowest BCUT2D eigenvalue weighted by Gasteiger charge is -2.13. The van der Waals surface area contributed by atoms with Gasteiger partial charge in [-0.15, -0.1) is 22.7 Å². The molecule has 0 saturated heterocycles. The SMILES string of the molecule is c1ccc(-n2c3ccccc3c3ccc4c5ccccc5n(-c5nc(-c6ccc7c(c6)sc6ccccc67)nc(-c6cccc7c6sc6ccccc67)n5)c4c32)cc1. The fourth-order valence-corrected chi connectivity index (χ4v) is 11.4. The normalized spacial score (nSPS) is 12.1. The molecule has 5 nitrogen and oxygen atoms in total. The molecule has 0 bridgehead atoms. The lowest BCUT2D eigenvalue weighted by molar-refractivity contribution is 0.954. The molecule has 5 aromatic heterocycles. The molecule has 0 fully saturated rings. The average molecular weight is 776 g/mol. The highest BCUT2D eigenvalue weighted by Gasteiger charge is 2.24. The zero-order valence-corrected chi connectivity index (χ0v) is 32.4. The fraction of sp³-hybridized carbons (Fsp3) is 0. The van der Waals surface area contributed by atoms with Crippen molar-refractivity contribution in [1.29, 1.82) is 0 Å². The van der Waals surface area contributed by atoms with Gasteiger partial charge in [0.25, 0.3) is 0 Å². The van der Waals surface area contributed by atoms with Crippen LogP contribution < -0.4 is 0 Å². The molecule has 58 heavy (non-hydrogen) atoms. The van der Waals surface area contributed by atoms with Gasteiger partial charge in [0.05, 0.1) is 22.1 Å². The molecule has 13 aromatic rings. The van der Waals surface area contributed by atoms with Gasteiger partial charge in [0.15, 0.2) is 11.6 Å². The van der Waals surface area contributed by atoms with Gasteiger partial charge in [0.2, 0.25) is 5.95 Å². The van der Waals surface area contributed by atoms with Gasteiger partial charge in [-0.05, 0) is 48.5 Å². The average Bonchev–Trinajstić information content (AvgIpc) is 4.04. The van der Waals surface area contributed by atoms with Crippen LogP contribution in [0, 0.1) is 0 Å². The highest BCUT2D eigenvalue weighted by molar-refractivity contribution is 7.26. The van der Waals surface area contributed by atoms with E-state index >= 15 is 0 Å². The first kappa shape index (κ1) is 32.0. The van der Waals surface area contributed by atoms with E-state index in [1.54, 1.807) is 22.7 Å². The summed E-state index contributed by atoms with van der Waals surface area (Å²) in [6.45, 7) is 0. The summed E-state index contributed by atoms with van der Waals surface area (Å²) in [7, 11) is 0.